The normalized spacial score (nSPS) is 12.2. The van der Waals surface area contributed by atoms with E-state index in [4.69, 9.17) is 4.74 Å². The Labute approximate surface area is 143 Å². The van der Waals surface area contributed by atoms with Crippen LogP contribution in [0.2, 0.25) is 0 Å². The molecule has 1 N–H and O–H groups in total. The molecule has 0 heterocycles. The Bertz CT molecular complexity index is 601. The first-order valence-electron chi connectivity index (χ1n) is 6.86. The first kappa shape index (κ1) is 16.5. The summed E-state index contributed by atoms with van der Waals surface area (Å²) in [6.45, 7) is 0.945. The van der Waals surface area contributed by atoms with Crippen LogP contribution >= 0.6 is 31.9 Å². The van der Waals surface area contributed by atoms with Crippen LogP contribution < -0.4 is 10.1 Å². The molecule has 1 unspecified atom stereocenters. The summed E-state index contributed by atoms with van der Waals surface area (Å²) >= 11 is 7.11. The van der Waals surface area contributed by atoms with Gasteiger partial charge in [0.15, 0.2) is 0 Å². The molecule has 2 rings (SSSR count). The van der Waals surface area contributed by atoms with Crippen LogP contribution in [0.5, 0.6) is 5.75 Å². The molecular formula is C17H19Br2NO. The molecule has 112 valence electrons. The standard InChI is InChI=1S/C17H19Br2NO/c1-20-11-14(13-4-3-5-15(18)10-13)8-12-6-7-17(21-2)16(19)9-12/h3-7,9-10,14,20H,8,11H2,1-2H3. The largest absolute Gasteiger partial charge is 0.496 e. The average Bonchev–Trinajstić information content (AvgIpc) is 2.47. The SMILES string of the molecule is CNCC(Cc1ccc(OC)c(Br)c1)c1cccc(Br)c1. The van der Waals surface area contributed by atoms with Gasteiger partial charge in [-0.3, -0.25) is 0 Å². The molecule has 0 fully saturated rings. The van der Waals surface area contributed by atoms with Crippen LogP contribution in [0.15, 0.2) is 51.4 Å². The van der Waals surface area contributed by atoms with Gasteiger partial charge in [-0.25, -0.2) is 0 Å². The minimum absolute atomic E-state index is 0.438. The maximum absolute atomic E-state index is 5.29. The fourth-order valence-corrected chi connectivity index (χ4v) is 3.44. The lowest BCUT2D eigenvalue weighted by molar-refractivity contribution is 0.412. The van der Waals surface area contributed by atoms with E-state index in [1.54, 1.807) is 7.11 Å². The Kier molecular flexibility index (Phi) is 6.27. The number of hydrogen-bond acceptors (Lipinski definition) is 2. The van der Waals surface area contributed by atoms with Gasteiger partial charge in [-0.05, 0) is 64.8 Å². The smallest absolute Gasteiger partial charge is 0.133 e. The summed E-state index contributed by atoms with van der Waals surface area (Å²) < 4.78 is 7.41. The van der Waals surface area contributed by atoms with Crippen LogP contribution in [0, 0.1) is 0 Å². The first-order chi connectivity index (χ1) is 10.1. The molecule has 0 amide bonds. The third-order valence-corrected chi connectivity index (χ3v) is 4.58. The van der Waals surface area contributed by atoms with Crippen LogP contribution in [0.1, 0.15) is 17.0 Å². The van der Waals surface area contributed by atoms with Crippen molar-refractivity contribution in [2.24, 2.45) is 0 Å². The Balaban J connectivity index is 2.22. The maximum atomic E-state index is 5.29. The number of rotatable bonds is 6. The summed E-state index contributed by atoms with van der Waals surface area (Å²) in [6, 6.07) is 14.8. The highest BCUT2D eigenvalue weighted by atomic mass is 79.9. The summed E-state index contributed by atoms with van der Waals surface area (Å²) in [5.74, 6) is 1.30. The number of nitrogens with one attached hydrogen (secondary N) is 1. The molecule has 0 aromatic heterocycles. The number of benzene rings is 2. The van der Waals surface area contributed by atoms with Crippen LogP contribution in [-0.2, 0) is 6.42 Å². The molecule has 0 bridgehead atoms. The predicted molar refractivity (Wildman–Crippen MR) is 95.2 cm³/mol. The van der Waals surface area contributed by atoms with Crippen molar-refractivity contribution in [1.82, 2.24) is 5.32 Å². The van der Waals surface area contributed by atoms with Gasteiger partial charge in [0, 0.05) is 16.9 Å². The van der Waals surface area contributed by atoms with E-state index in [9.17, 15) is 0 Å². The van der Waals surface area contributed by atoms with Crippen LogP contribution in [0.3, 0.4) is 0 Å². The van der Waals surface area contributed by atoms with E-state index in [0.29, 0.717) is 5.92 Å². The average molecular weight is 413 g/mol. The molecule has 0 aliphatic rings. The molecule has 0 saturated carbocycles. The Morgan fingerprint density at radius 2 is 1.95 bits per heavy atom. The minimum Gasteiger partial charge on any atom is -0.496 e. The van der Waals surface area contributed by atoms with Gasteiger partial charge < -0.3 is 10.1 Å². The van der Waals surface area contributed by atoms with E-state index in [-0.39, 0.29) is 0 Å². The van der Waals surface area contributed by atoms with E-state index < -0.39 is 0 Å². The summed E-state index contributed by atoms with van der Waals surface area (Å²) in [5.41, 5.74) is 2.63. The highest BCUT2D eigenvalue weighted by Gasteiger charge is 2.13. The van der Waals surface area contributed by atoms with Gasteiger partial charge in [0.1, 0.15) is 5.75 Å². The van der Waals surface area contributed by atoms with E-state index in [2.05, 4.69) is 73.6 Å². The summed E-state index contributed by atoms with van der Waals surface area (Å²) in [7, 11) is 3.68. The van der Waals surface area contributed by atoms with Crippen molar-refractivity contribution in [3.63, 3.8) is 0 Å². The second-order valence-electron chi connectivity index (χ2n) is 4.98. The van der Waals surface area contributed by atoms with E-state index in [1.165, 1.54) is 11.1 Å². The maximum Gasteiger partial charge on any atom is 0.133 e. The zero-order valence-electron chi connectivity index (χ0n) is 12.2. The quantitative estimate of drug-likeness (QED) is 0.737. The highest BCUT2D eigenvalue weighted by molar-refractivity contribution is 9.10. The number of methoxy groups -OCH3 is 1. The molecular weight excluding hydrogens is 394 g/mol. The lowest BCUT2D eigenvalue weighted by Gasteiger charge is -2.18. The van der Waals surface area contributed by atoms with Gasteiger partial charge in [-0.2, -0.15) is 0 Å². The molecule has 0 radical (unpaired) electrons. The van der Waals surface area contributed by atoms with Gasteiger partial charge in [-0.1, -0.05) is 34.1 Å². The summed E-state index contributed by atoms with van der Waals surface area (Å²) in [6.07, 6.45) is 0.986. The fourth-order valence-electron chi connectivity index (χ4n) is 2.44. The molecule has 21 heavy (non-hydrogen) atoms. The number of ether oxygens (including phenoxy) is 1. The number of halogens is 2. The van der Waals surface area contributed by atoms with Gasteiger partial charge >= 0.3 is 0 Å². The molecule has 2 aromatic rings. The fraction of sp³-hybridized carbons (Fsp3) is 0.294. The van der Waals surface area contributed by atoms with Crippen molar-refractivity contribution < 1.29 is 4.74 Å². The molecule has 0 saturated heterocycles. The number of likely N-dealkylation sites (N-methyl/N-ethyl adjacent to an activating group) is 1. The minimum atomic E-state index is 0.438. The molecule has 2 aromatic carbocycles. The summed E-state index contributed by atoms with van der Waals surface area (Å²) in [4.78, 5) is 0. The Morgan fingerprint density at radius 3 is 2.57 bits per heavy atom. The van der Waals surface area contributed by atoms with Crippen molar-refractivity contribution >= 4 is 31.9 Å². The van der Waals surface area contributed by atoms with Crippen molar-refractivity contribution in [2.75, 3.05) is 20.7 Å². The van der Waals surface area contributed by atoms with Crippen molar-refractivity contribution in [1.29, 1.82) is 0 Å². The van der Waals surface area contributed by atoms with Crippen molar-refractivity contribution in [2.45, 2.75) is 12.3 Å². The molecule has 0 spiro atoms. The lowest BCUT2D eigenvalue weighted by atomic mass is 9.92. The highest BCUT2D eigenvalue weighted by Crippen LogP contribution is 2.29. The van der Waals surface area contributed by atoms with Crippen LogP contribution in [-0.4, -0.2) is 20.7 Å². The topological polar surface area (TPSA) is 21.3 Å². The van der Waals surface area contributed by atoms with E-state index in [1.807, 2.05) is 13.1 Å². The molecule has 0 aliphatic heterocycles. The van der Waals surface area contributed by atoms with Crippen LogP contribution in [0.25, 0.3) is 0 Å². The van der Waals surface area contributed by atoms with E-state index in [0.717, 1.165) is 27.7 Å². The van der Waals surface area contributed by atoms with E-state index >= 15 is 0 Å². The molecule has 2 nitrogen and oxygen atoms in total. The zero-order chi connectivity index (χ0) is 15.2. The first-order valence-corrected chi connectivity index (χ1v) is 8.45. The van der Waals surface area contributed by atoms with Gasteiger partial charge in [0.25, 0.3) is 0 Å². The summed E-state index contributed by atoms with van der Waals surface area (Å²) in [5, 5.41) is 3.29. The third-order valence-electron chi connectivity index (χ3n) is 3.47. The second-order valence-corrected chi connectivity index (χ2v) is 6.75. The molecule has 0 aliphatic carbocycles. The molecule has 4 heteroatoms. The third kappa shape index (κ3) is 4.56. The van der Waals surface area contributed by atoms with Crippen molar-refractivity contribution in [3.8, 4) is 5.75 Å². The monoisotopic (exact) mass is 411 g/mol. The second kappa shape index (κ2) is 7.97. The van der Waals surface area contributed by atoms with Crippen molar-refractivity contribution in [3.05, 3.63) is 62.5 Å². The lowest BCUT2D eigenvalue weighted by Crippen LogP contribution is -2.19. The Hall–Kier alpha value is -0.840. The predicted octanol–water partition coefficient (Wildman–Crippen LogP) is 4.77. The van der Waals surface area contributed by atoms with Gasteiger partial charge in [0.05, 0.1) is 11.6 Å². The van der Waals surface area contributed by atoms with Gasteiger partial charge in [0.2, 0.25) is 0 Å². The zero-order valence-corrected chi connectivity index (χ0v) is 15.4. The van der Waals surface area contributed by atoms with Crippen LogP contribution in [0.4, 0.5) is 0 Å². The van der Waals surface area contributed by atoms with Gasteiger partial charge in [-0.15, -0.1) is 0 Å². The molecule has 1 atom stereocenters. The number of hydrogen-bond donors (Lipinski definition) is 1. The Morgan fingerprint density at radius 1 is 1.14 bits per heavy atom.